The van der Waals surface area contributed by atoms with Gasteiger partial charge in [0.15, 0.2) is 9.84 Å². The Morgan fingerprint density at radius 2 is 1.88 bits per heavy atom. The van der Waals surface area contributed by atoms with Crippen LogP contribution in [0.25, 0.3) is 6.08 Å². The topological polar surface area (TPSA) is 63.7 Å². The molecule has 136 valence electrons. The van der Waals surface area contributed by atoms with E-state index in [2.05, 4.69) is 6.08 Å². The molecule has 0 bridgehead atoms. The molecule has 1 heterocycles. The molecule has 1 aromatic carbocycles. The van der Waals surface area contributed by atoms with E-state index in [1.165, 1.54) is 11.8 Å². The molecule has 2 fully saturated rings. The molecule has 0 radical (unpaired) electrons. The number of carbonyl (C=O) groups excluding carboxylic acids is 1. The van der Waals surface area contributed by atoms with E-state index in [0.717, 1.165) is 31.5 Å². The normalized spacial score (nSPS) is 19.2. The zero-order valence-electron chi connectivity index (χ0n) is 15.2. The summed E-state index contributed by atoms with van der Waals surface area (Å²) in [5, 5.41) is 0. The summed E-state index contributed by atoms with van der Waals surface area (Å²) in [7, 11) is -3.19. The molecule has 6 heteroatoms. The van der Waals surface area contributed by atoms with E-state index >= 15 is 0 Å². The number of hydrogen-bond donors (Lipinski definition) is 0. The number of benzene rings is 1. The molecule has 3 rings (SSSR count). The monoisotopic (exact) mass is 363 g/mol. The van der Waals surface area contributed by atoms with Gasteiger partial charge in [-0.15, -0.1) is 0 Å². The number of allylic oxidation sites excluding steroid dienone is 1. The lowest BCUT2D eigenvalue weighted by Gasteiger charge is -2.56. The van der Waals surface area contributed by atoms with Crippen LogP contribution in [-0.4, -0.2) is 44.4 Å². The molecule has 0 N–H and O–H groups in total. The summed E-state index contributed by atoms with van der Waals surface area (Å²) >= 11 is 0. The van der Waals surface area contributed by atoms with Gasteiger partial charge in [-0.3, -0.25) is 0 Å². The van der Waals surface area contributed by atoms with Crippen LogP contribution in [0.2, 0.25) is 0 Å². The molecule has 1 aromatic rings. The highest BCUT2D eigenvalue weighted by atomic mass is 32.2. The number of sulfone groups is 1. The van der Waals surface area contributed by atoms with E-state index in [1.54, 1.807) is 23.1 Å². The Bertz CT molecular complexity index is 817. The van der Waals surface area contributed by atoms with Gasteiger partial charge < -0.3 is 9.64 Å². The number of hydrogen-bond acceptors (Lipinski definition) is 4. The van der Waals surface area contributed by atoms with Crippen LogP contribution in [0.3, 0.4) is 0 Å². The van der Waals surface area contributed by atoms with Gasteiger partial charge in [-0.05, 0) is 51.3 Å². The van der Waals surface area contributed by atoms with Crippen molar-refractivity contribution in [1.29, 1.82) is 0 Å². The molecule has 1 aliphatic heterocycles. The Kier molecular flexibility index (Phi) is 4.22. The van der Waals surface area contributed by atoms with Crippen molar-refractivity contribution in [3.05, 3.63) is 35.4 Å². The van der Waals surface area contributed by atoms with Crippen LogP contribution in [0.5, 0.6) is 0 Å². The predicted molar refractivity (Wildman–Crippen MR) is 97.0 cm³/mol. The Hall–Kier alpha value is -1.82. The maximum absolute atomic E-state index is 12.0. The smallest absolute Gasteiger partial charge is 0.410 e. The van der Waals surface area contributed by atoms with Crippen molar-refractivity contribution in [1.82, 2.24) is 4.90 Å². The zero-order chi connectivity index (χ0) is 18.5. The molecule has 1 aliphatic carbocycles. The SMILES string of the molecule is CC(C)(C)OC(=O)N1CC2(CC(=Cc3cccc(S(C)(=O)=O)c3)C2)C1. The van der Waals surface area contributed by atoms with Crippen LogP contribution in [-0.2, 0) is 14.6 Å². The first-order valence-electron chi connectivity index (χ1n) is 8.43. The molecule has 1 saturated heterocycles. The Morgan fingerprint density at radius 3 is 2.44 bits per heavy atom. The maximum atomic E-state index is 12.0. The summed E-state index contributed by atoms with van der Waals surface area (Å²) in [6.07, 6.45) is 4.95. The molecule has 5 nitrogen and oxygen atoms in total. The fourth-order valence-corrected chi connectivity index (χ4v) is 4.20. The van der Waals surface area contributed by atoms with E-state index in [0.29, 0.717) is 4.90 Å². The first-order chi connectivity index (χ1) is 11.5. The first-order valence-corrected chi connectivity index (χ1v) is 10.3. The summed E-state index contributed by atoms with van der Waals surface area (Å²) < 4.78 is 28.7. The van der Waals surface area contributed by atoms with Gasteiger partial charge in [0.25, 0.3) is 0 Å². The average Bonchev–Trinajstić information content (AvgIpc) is 2.37. The Balaban J connectivity index is 1.57. The average molecular weight is 363 g/mol. The molecular weight excluding hydrogens is 338 g/mol. The number of amides is 1. The number of nitrogens with zero attached hydrogens (tertiary/aromatic N) is 1. The number of rotatable bonds is 2. The predicted octanol–water partition coefficient (Wildman–Crippen LogP) is 3.50. The molecule has 1 spiro atoms. The van der Waals surface area contributed by atoms with E-state index in [1.807, 2.05) is 26.8 Å². The van der Waals surface area contributed by atoms with E-state index in [9.17, 15) is 13.2 Å². The molecule has 0 unspecified atom stereocenters. The largest absolute Gasteiger partial charge is 0.444 e. The summed E-state index contributed by atoms with van der Waals surface area (Å²) in [5.41, 5.74) is 1.94. The van der Waals surface area contributed by atoms with Gasteiger partial charge in [0.05, 0.1) is 4.90 Å². The minimum atomic E-state index is -3.19. The van der Waals surface area contributed by atoms with Gasteiger partial charge in [0, 0.05) is 24.8 Å². The second-order valence-corrected chi connectivity index (χ2v) is 10.4. The van der Waals surface area contributed by atoms with E-state index < -0.39 is 15.4 Å². The van der Waals surface area contributed by atoms with Gasteiger partial charge >= 0.3 is 6.09 Å². The summed E-state index contributed by atoms with van der Waals surface area (Å²) in [6, 6.07) is 7.01. The molecule has 0 aromatic heterocycles. The quantitative estimate of drug-likeness (QED) is 0.807. The highest BCUT2D eigenvalue weighted by Gasteiger charge is 2.52. The molecule has 1 saturated carbocycles. The van der Waals surface area contributed by atoms with Gasteiger partial charge in [0.1, 0.15) is 5.60 Å². The first kappa shape index (κ1) is 18.0. The third-order valence-electron chi connectivity index (χ3n) is 4.57. The van der Waals surface area contributed by atoms with Crippen LogP contribution in [0, 0.1) is 5.41 Å². The lowest BCUT2D eigenvalue weighted by Crippen LogP contribution is -2.62. The number of likely N-dealkylation sites (tertiary alicyclic amines) is 1. The molecule has 2 aliphatic rings. The van der Waals surface area contributed by atoms with E-state index in [-0.39, 0.29) is 11.5 Å². The molecule has 25 heavy (non-hydrogen) atoms. The van der Waals surface area contributed by atoms with Gasteiger partial charge in [-0.1, -0.05) is 23.8 Å². The lowest BCUT2D eigenvalue weighted by atomic mass is 9.60. The Labute approximate surface area is 149 Å². The summed E-state index contributed by atoms with van der Waals surface area (Å²) in [5.74, 6) is 0. The second-order valence-electron chi connectivity index (χ2n) is 8.34. The van der Waals surface area contributed by atoms with Crippen LogP contribution in [0.1, 0.15) is 39.2 Å². The summed E-state index contributed by atoms with van der Waals surface area (Å²) in [6.45, 7) is 7.09. The van der Waals surface area contributed by atoms with Crippen molar-refractivity contribution in [2.75, 3.05) is 19.3 Å². The van der Waals surface area contributed by atoms with Crippen molar-refractivity contribution in [3.63, 3.8) is 0 Å². The molecule has 1 amide bonds. The third kappa shape index (κ3) is 4.06. The van der Waals surface area contributed by atoms with Crippen molar-refractivity contribution >= 4 is 22.0 Å². The molecular formula is C19H25NO4S. The van der Waals surface area contributed by atoms with Gasteiger partial charge in [-0.25, -0.2) is 13.2 Å². The zero-order valence-corrected chi connectivity index (χ0v) is 16.0. The minimum Gasteiger partial charge on any atom is -0.444 e. The van der Waals surface area contributed by atoms with Crippen molar-refractivity contribution in [2.45, 2.75) is 44.1 Å². The van der Waals surface area contributed by atoms with Crippen molar-refractivity contribution in [3.8, 4) is 0 Å². The fourth-order valence-electron chi connectivity index (χ4n) is 3.53. The third-order valence-corrected chi connectivity index (χ3v) is 5.68. The van der Waals surface area contributed by atoms with Crippen LogP contribution in [0.4, 0.5) is 4.79 Å². The molecule has 0 atom stereocenters. The van der Waals surface area contributed by atoms with Gasteiger partial charge in [0.2, 0.25) is 0 Å². The Morgan fingerprint density at radius 1 is 1.24 bits per heavy atom. The minimum absolute atomic E-state index is 0.192. The van der Waals surface area contributed by atoms with Crippen LogP contribution < -0.4 is 0 Å². The van der Waals surface area contributed by atoms with Crippen molar-refractivity contribution in [2.24, 2.45) is 5.41 Å². The van der Waals surface area contributed by atoms with E-state index in [4.69, 9.17) is 4.74 Å². The number of carbonyl (C=O) groups is 1. The fraction of sp³-hybridized carbons (Fsp3) is 0.526. The van der Waals surface area contributed by atoms with Crippen LogP contribution >= 0.6 is 0 Å². The highest BCUT2D eigenvalue weighted by molar-refractivity contribution is 7.90. The van der Waals surface area contributed by atoms with Crippen LogP contribution in [0.15, 0.2) is 34.7 Å². The summed E-state index contributed by atoms with van der Waals surface area (Å²) in [4.78, 5) is 14.1. The van der Waals surface area contributed by atoms with Crippen molar-refractivity contribution < 1.29 is 17.9 Å². The highest BCUT2D eigenvalue weighted by Crippen LogP contribution is 2.52. The van der Waals surface area contributed by atoms with Gasteiger partial charge in [-0.2, -0.15) is 0 Å². The standard InChI is InChI=1S/C19H25NO4S/c1-18(2,3)24-17(21)20-12-19(13-20)10-15(11-19)8-14-6-5-7-16(9-14)25(4,22)23/h5-9H,10-13H2,1-4H3. The number of ether oxygens (including phenoxy) is 1. The maximum Gasteiger partial charge on any atom is 0.410 e. The second kappa shape index (κ2) is 5.87. The lowest BCUT2D eigenvalue weighted by molar-refractivity contribution is -0.0498.